The van der Waals surface area contributed by atoms with Crippen LogP contribution < -0.4 is 20.1 Å². The van der Waals surface area contributed by atoms with Crippen LogP contribution in [0.5, 0.6) is 11.6 Å². The molecule has 1 aromatic carbocycles. The van der Waals surface area contributed by atoms with Crippen molar-refractivity contribution in [2.75, 3.05) is 19.5 Å². The van der Waals surface area contributed by atoms with Crippen LogP contribution in [-0.2, 0) is 23.4 Å². The number of aromatic nitrogens is 4. The van der Waals surface area contributed by atoms with Gasteiger partial charge in [0.2, 0.25) is 11.8 Å². The molecule has 4 N–H and O–H groups in total. The van der Waals surface area contributed by atoms with Gasteiger partial charge in [0.15, 0.2) is 23.1 Å². The van der Waals surface area contributed by atoms with Crippen LogP contribution in [0.2, 0.25) is 0 Å². The number of benzene rings is 1. The monoisotopic (exact) mass is 582 g/mol. The number of nitrogens with two attached hydrogens (primary N) is 1. The topological polar surface area (TPSA) is 182 Å². The van der Waals surface area contributed by atoms with Gasteiger partial charge in [-0.25, -0.2) is 13.9 Å². The zero-order valence-electron chi connectivity index (χ0n) is 22.6. The molecule has 1 aliphatic rings. The Balaban J connectivity index is 1.56. The third-order valence-electron chi connectivity index (χ3n) is 6.00. The number of nitrogen functional groups attached to an aromatic ring is 1. The van der Waals surface area contributed by atoms with Gasteiger partial charge in [0.25, 0.3) is 0 Å². The van der Waals surface area contributed by atoms with Gasteiger partial charge in [0, 0.05) is 0 Å². The van der Waals surface area contributed by atoms with Gasteiger partial charge in [-0.15, -0.1) is 0 Å². The van der Waals surface area contributed by atoms with E-state index in [2.05, 4.69) is 20.0 Å². The first-order valence-electron chi connectivity index (χ1n) is 12.4. The molecule has 14 nitrogen and oxygen atoms in total. The van der Waals surface area contributed by atoms with E-state index >= 15 is 4.39 Å². The minimum atomic E-state index is -4.29. The van der Waals surface area contributed by atoms with E-state index in [4.69, 9.17) is 29.0 Å². The Hall–Kier alpha value is -3.36. The van der Waals surface area contributed by atoms with Crippen LogP contribution in [-0.4, -0.2) is 74.3 Å². The van der Waals surface area contributed by atoms with Gasteiger partial charge in [-0.05, 0) is 39.8 Å². The molecule has 1 fully saturated rings. The Bertz CT molecular complexity index is 1390. The molecule has 4 rings (SSSR count). The van der Waals surface area contributed by atoms with Crippen molar-refractivity contribution < 1.29 is 42.1 Å². The maximum atomic E-state index is 15.9. The Morgan fingerprint density at radius 3 is 2.65 bits per heavy atom. The third-order valence-corrected chi connectivity index (χ3v) is 7.65. The lowest BCUT2D eigenvalue weighted by Crippen LogP contribution is -2.41. The predicted molar refractivity (Wildman–Crippen MR) is 140 cm³/mol. The summed E-state index contributed by atoms with van der Waals surface area (Å²) in [6.07, 6.45) is -3.63. The summed E-state index contributed by atoms with van der Waals surface area (Å²) < 4.78 is 58.3. The van der Waals surface area contributed by atoms with Crippen LogP contribution in [0.15, 0.2) is 36.7 Å². The van der Waals surface area contributed by atoms with Crippen molar-refractivity contribution >= 4 is 30.8 Å². The lowest BCUT2D eigenvalue weighted by Gasteiger charge is -2.25. The first-order valence-corrected chi connectivity index (χ1v) is 13.9. The number of fused-ring (bicyclic) bond motifs is 1. The Morgan fingerprint density at radius 2 is 2.00 bits per heavy atom. The number of carbonyl (C=O) groups is 1. The summed E-state index contributed by atoms with van der Waals surface area (Å²) in [4.78, 5) is 24.6. The second-order valence-corrected chi connectivity index (χ2v) is 11.3. The molecule has 3 unspecified atom stereocenters. The minimum Gasteiger partial charge on any atom is -0.479 e. The van der Waals surface area contributed by atoms with Gasteiger partial charge in [-0.3, -0.25) is 13.9 Å². The van der Waals surface area contributed by atoms with Gasteiger partial charge in [-0.1, -0.05) is 18.2 Å². The van der Waals surface area contributed by atoms with Gasteiger partial charge < -0.3 is 29.6 Å². The normalized spacial score (nSPS) is 25.1. The molecule has 0 bridgehead atoms. The molecule has 1 saturated heterocycles. The molecule has 3 aromatic rings. The second kappa shape index (κ2) is 11.6. The highest BCUT2D eigenvalue weighted by Crippen LogP contribution is 2.48. The third kappa shape index (κ3) is 6.18. The Morgan fingerprint density at radius 1 is 1.30 bits per heavy atom. The van der Waals surface area contributed by atoms with Crippen LogP contribution in [0, 0.1) is 0 Å². The fourth-order valence-corrected chi connectivity index (χ4v) is 5.58. The molecule has 0 radical (unpaired) electrons. The van der Waals surface area contributed by atoms with Crippen LogP contribution in [0.4, 0.5) is 10.3 Å². The molecular weight excluding hydrogens is 550 g/mol. The number of carbonyl (C=O) groups excluding carboxylic acids is 1. The van der Waals surface area contributed by atoms with E-state index in [0.29, 0.717) is 0 Å². The molecule has 0 saturated carbocycles. The molecule has 0 spiro atoms. The number of hydrogen-bond donors (Lipinski definition) is 3. The summed E-state index contributed by atoms with van der Waals surface area (Å²) in [5.74, 6) is -0.566. The maximum absolute atomic E-state index is 15.9. The Kier molecular flexibility index (Phi) is 8.61. The van der Waals surface area contributed by atoms with Crippen molar-refractivity contribution in [3.63, 3.8) is 0 Å². The lowest BCUT2D eigenvalue weighted by atomic mass is 9.98. The number of aliphatic hydroxyl groups excluding tert-OH is 1. The van der Waals surface area contributed by atoms with Crippen molar-refractivity contribution in [2.24, 2.45) is 0 Å². The van der Waals surface area contributed by atoms with Crippen LogP contribution >= 0.6 is 7.75 Å². The first-order chi connectivity index (χ1) is 18.8. The average molecular weight is 583 g/mol. The number of esters is 1. The van der Waals surface area contributed by atoms with E-state index in [-0.39, 0.29) is 28.7 Å². The number of nitrogens with zero attached hydrogens (tertiary/aromatic N) is 4. The zero-order valence-corrected chi connectivity index (χ0v) is 23.4. The minimum absolute atomic E-state index is 0.0791. The first kappa shape index (κ1) is 29.6. The molecule has 0 amide bonds. The molecular formula is C24H32FN6O8P. The fourth-order valence-electron chi connectivity index (χ4n) is 4.08. The summed E-state index contributed by atoms with van der Waals surface area (Å²) in [6.45, 7) is 5.33. The van der Waals surface area contributed by atoms with Gasteiger partial charge in [0.05, 0.1) is 26.1 Å². The van der Waals surface area contributed by atoms with Crippen molar-refractivity contribution in [1.29, 1.82) is 0 Å². The number of ether oxygens (including phenoxy) is 3. The summed E-state index contributed by atoms with van der Waals surface area (Å²) in [5.41, 5.74) is 3.71. The number of methoxy groups -OCH3 is 1. The van der Waals surface area contributed by atoms with Gasteiger partial charge in [-0.2, -0.15) is 15.1 Å². The highest BCUT2D eigenvalue weighted by Gasteiger charge is 2.56. The number of nitrogens with one attached hydrogen (secondary N) is 1. The van der Waals surface area contributed by atoms with E-state index in [1.165, 1.54) is 37.1 Å². The molecule has 2 aromatic heterocycles. The van der Waals surface area contributed by atoms with Gasteiger partial charge in [0.1, 0.15) is 24.0 Å². The maximum Gasteiger partial charge on any atom is 0.459 e. The average Bonchev–Trinajstić information content (AvgIpc) is 3.40. The van der Waals surface area contributed by atoms with E-state index in [0.717, 1.165) is 6.92 Å². The molecule has 0 aliphatic carbocycles. The van der Waals surface area contributed by atoms with Crippen LogP contribution in [0.25, 0.3) is 11.2 Å². The van der Waals surface area contributed by atoms with E-state index in [1.54, 1.807) is 32.0 Å². The standard InChI is InChI=1S/C24H32FN6O8P/c1-13(2)37-21(33)14(3)30-40(34,39-15-9-7-6-8-10-15)36-11-16-18(32)24(4,25)22(38-16)31-12-27-17-19(31)28-23(26)29-20(17)35-5/h6-10,12-14,16,18,22,32H,11H2,1-5H3,(H,30,34)(H2,26,28,29)/t14-,16?,18?,22+,24+,40?/m0/s1. The zero-order chi connectivity index (χ0) is 29.2. The Labute approximate surface area is 229 Å². The highest BCUT2D eigenvalue weighted by molar-refractivity contribution is 7.52. The number of alkyl halides is 1. The summed E-state index contributed by atoms with van der Waals surface area (Å²) >= 11 is 0. The van der Waals surface area contributed by atoms with Crippen molar-refractivity contribution in [3.8, 4) is 11.6 Å². The lowest BCUT2D eigenvalue weighted by molar-refractivity contribution is -0.149. The quantitative estimate of drug-likeness (QED) is 0.222. The molecule has 16 heteroatoms. The predicted octanol–water partition coefficient (Wildman–Crippen LogP) is 2.54. The highest BCUT2D eigenvalue weighted by atomic mass is 31.2. The van der Waals surface area contributed by atoms with Crippen molar-refractivity contribution in [3.05, 3.63) is 36.7 Å². The molecule has 6 atom stereocenters. The summed E-state index contributed by atoms with van der Waals surface area (Å²) in [5, 5.41) is 13.4. The molecule has 218 valence electrons. The van der Waals surface area contributed by atoms with Crippen LogP contribution in [0.1, 0.15) is 33.9 Å². The largest absolute Gasteiger partial charge is 0.479 e. The second-order valence-electron chi connectivity index (χ2n) is 9.57. The van der Waals surface area contributed by atoms with Gasteiger partial charge >= 0.3 is 13.7 Å². The number of para-hydroxylation sites is 1. The smallest absolute Gasteiger partial charge is 0.459 e. The van der Waals surface area contributed by atoms with E-state index < -0.39 is 56.6 Å². The number of rotatable bonds is 11. The summed E-state index contributed by atoms with van der Waals surface area (Å²) in [6, 6.07) is 7.02. The number of halogens is 1. The van der Waals surface area contributed by atoms with Crippen molar-refractivity contribution in [2.45, 2.75) is 63.9 Å². The number of aliphatic hydroxyl groups is 1. The number of imidazole rings is 1. The fraction of sp³-hybridized carbons (Fsp3) is 0.500. The molecule has 40 heavy (non-hydrogen) atoms. The number of hydrogen-bond acceptors (Lipinski definition) is 12. The van der Waals surface area contributed by atoms with Crippen molar-refractivity contribution in [1.82, 2.24) is 24.6 Å². The van der Waals surface area contributed by atoms with E-state index in [1.807, 2.05) is 0 Å². The molecule has 1 aliphatic heterocycles. The SMILES string of the molecule is COc1nc(N)nc2c1ncn2[C@@H]1OC(COP(=O)(N[C@@H](C)C(=O)OC(C)C)Oc2ccccc2)C(O)[C@@]1(C)F. The summed E-state index contributed by atoms with van der Waals surface area (Å²) in [7, 11) is -2.92. The number of anilines is 1. The van der Waals surface area contributed by atoms with E-state index in [9.17, 15) is 14.5 Å². The van der Waals surface area contributed by atoms with Crippen LogP contribution in [0.3, 0.4) is 0 Å². The molecule has 3 heterocycles.